The number of rotatable bonds is 2. The molecule has 0 unspecified atom stereocenters. The van der Waals surface area contributed by atoms with Gasteiger partial charge in [0, 0.05) is 18.7 Å². The van der Waals surface area contributed by atoms with Crippen molar-refractivity contribution in [2.24, 2.45) is 0 Å². The van der Waals surface area contributed by atoms with Crippen LogP contribution in [0.15, 0.2) is 30.5 Å². The van der Waals surface area contributed by atoms with Crippen LogP contribution in [0.25, 0.3) is 11.3 Å². The van der Waals surface area contributed by atoms with Crippen molar-refractivity contribution in [2.75, 3.05) is 23.8 Å². The average molecular weight is 256 g/mol. The fourth-order valence-electron chi connectivity index (χ4n) is 2.70. The Labute approximate surface area is 113 Å². The third-order valence-corrected chi connectivity index (χ3v) is 3.77. The van der Waals surface area contributed by atoms with E-state index < -0.39 is 0 Å². The summed E-state index contributed by atoms with van der Waals surface area (Å²) in [6, 6.07) is 8.28. The Balaban J connectivity index is 1.95. The van der Waals surface area contributed by atoms with Crippen LogP contribution in [-0.2, 0) is 0 Å². The number of aryl methyl sites for hydroxylation is 1. The van der Waals surface area contributed by atoms with Crippen molar-refractivity contribution in [1.29, 1.82) is 0 Å². The number of aromatic nitrogens is 2. The summed E-state index contributed by atoms with van der Waals surface area (Å²) in [6.07, 6.45) is 5.69. The molecule has 1 aromatic heterocycles. The second-order valence-electron chi connectivity index (χ2n) is 5.20. The van der Waals surface area contributed by atoms with Crippen LogP contribution < -0.4 is 10.7 Å². The molecule has 2 heterocycles. The molecule has 0 atom stereocenters. The Bertz CT molecular complexity index is 567. The summed E-state index contributed by atoms with van der Waals surface area (Å²) in [7, 11) is 0. The Morgan fingerprint density at radius 1 is 1.11 bits per heavy atom. The number of anilines is 1. The molecule has 0 aliphatic carbocycles. The molecule has 4 nitrogen and oxygen atoms in total. The van der Waals surface area contributed by atoms with Gasteiger partial charge in [-0.2, -0.15) is 0 Å². The summed E-state index contributed by atoms with van der Waals surface area (Å²) >= 11 is 0. The molecule has 0 bridgehead atoms. The van der Waals surface area contributed by atoms with Crippen LogP contribution in [-0.4, -0.2) is 22.7 Å². The molecule has 1 saturated heterocycles. The fourth-order valence-corrected chi connectivity index (χ4v) is 2.70. The maximum Gasteiger partial charge on any atom is 0.224 e. The highest BCUT2D eigenvalue weighted by atomic mass is 15.4. The van der Waals surface area contributed by atoms with Crippen LogP contribution in [0.2, 0.25) is 0 Å². The van der Waals surface area contributed by atoms with Crippen LogP contribution in [0.3, 0.4) is 0 Å². The number of piperidine rings is 1. The Morgan fingerprint density at radius 3 is 2.58 bits per heavy atom. The van der Waals surface area contributed by atoms with Crippen molar-refractivity contribution in [3.05, 3.63) is 36.0 Å². The van der Waals surface area contributed by atoms with Crippen molar-refractivity contribution in [1.82, 2.24) is 9.66 Å². The molecular weight excluding hydrogens is 236 g/mol. The minimum Gasteiger partial charge on any atom is -0.341 e. The molecule has 0 radical (unpaired) electrons. The molecule has 1 aliphatic rings. The molecule has 100 valence electrons. The van der Waals surface area contributed by atoms with Gasteiger partial charge >= 0.3 is 0 Å². The highest BCUT2D eigenvalue weighted by Gasteiger charge is 2.17. The summed E-state index contributed by atoms with van der Waals surface area (Å²) in [6.45, 7) is 4.22. The summed E-state index contributed by atoms with van der Waals surface area (Å²) in [5.41, 5.74) is 3.34. The largest absolute Gasteiger partial charge is 0.341 e. The first-order valence-corrected chi connectivity index (χ1v) is 6.91. The zero-order valence-corrected chi connectivity index (χ0v) is 11.3. The SMILES string of the molecule is Cc1ccccc1-c1cn(N)c(N2CCCCC2)n1. The van der Waals surface area contributed by atoms with Gasteiger partial charge in [0.2, 0.25) is 5.95 Å². The van der Waals surface area contributed by atoms with E-state index in [0.717, 1.165) is 30.3 Å². The van der Waals surface area contributed by atoms with Crippen LogP contribution in [0.4, 0.5) is 5.95 Å². The first-order chi connectivity index (χ1) is 9.25. The van der Waals surface area contributed by atoms with Gasteiger partial charge in [-0.05, 0) is 31.7 Å². The van der Waals surface area contributed by atoms with Crippen LogP contribution in [0, 0.1) is 6.92 Å². The van der Waals surface area contributed by atoms with Crippen molar-refractivity contribution in [3.8, 4) is 11.3 Å². The minimum absolute atomic E-state index is 0.887. The fraction of sp³-hybridized carbons (Fsp3) is 0.400. The van der Waals surface area contributed by atoms with Gasteiger partial charge in [0.1, 0.15) is 0 Å². The summed E-state index contributed by atoms with van der Waals surface area (Å²) in [5, 5.41) is 0. The van der Waals surface area contributed by atoms with E-state index in [-0.39, 0.29) is 0 Å². The summed E-state index contributed by atoms with van der Waals surface area (Å²) in [5.74, 6) is 6.96. The van der Waals surface area contributed by atoms with Gasteiger partial charge in [0.15, 0.2) is 0 Å². The smallest absolute Gasteiger partial charge is 0.224 e. The molecule has 0 spiro atoms. The first kappa shape index (κ1) is 12.1. The van der Waals surface area contributed by atoms with E-state index in [4.69, 9.17) is 10.8 Å². The first-order valence-electron chi connectivity index (χ1n) is 6.91. The topological polar surface area (TPSA) is 47.1 Å². The van der Waals surface area contributed by atoms with Crippen LogP contribution in [0.1, 0.15) is 24.8 Å². The molecule has 2 N–H and O–H groups in total. The Morgan fingerprint density at radius 2 is 1.84 bits per heavy atom. The van der Waals surface area contributed by atoms with E-state index in [1.54, 1.807) is 4.68 Å². The van der Waals surface area contributed by atoms with Gasteiger partial charge in [0.05, 0.1) is 11.9 Å². The van der Waals surface area contributed by atoms with Gasteiger partial charge in [-0.1, -0.05) is 24.3 Å². The number of hydrogen-bond acceptors (Lipinski definition) is 3. The van der Waals surface area contributed by atoms with Gasteiger partial charge < -0.3 is 10.7 Å². The van der Waals surface area contributed by atoms with Gasteiger partial charge in [-0.3, -0.25) is 0 Å². The number of hydrogen-bond donors (Lipinski definition) is 1. The number of nitrogens with zero attached hydrogens (tertiary/aromatic N) is 3. The van der Waals surface area contributed by atoms with Gasteiger partial charge in [-0.25, -0.2) is 9.66 Å². The van der Waals surface area contributed by atoms with Gasteiger partial charge in [-0.15, -0.1) is 0 Å². The van der Waals surface area contributed by atoms with Crippen LogP contribution >= 0.6 is 0 Å². The van der Waals surface area contributed by atoms with Crippen molar-refractivity contribution in [2.45, 2.75) is 26.2 Å². The molecule has 2 aromatic rings. The number of nitrogen functional groups attached to an aromatic ring is 1. The van der Waals surface area contributed by atoms with E-state index in [1.165, 1.54) is 24.8 Å². The molecule has 1 fully saturated rings. The zero-order valence-electron chi connectivity index (χ0n) is 11.3. The van der Waals surface area contributed by atoms with E-state index in [9.17, 15) is 0 Å². The maximum absolute atomic E-state index is 6.07. The third kappa shape index (κ3) is 2.30. The predicted molar refractivity (Wildman–Crippen MR) is 78.6 cm³/mol. The standard InChI is InChI=1S/C15H20N4/c1-12-7-3-4-8-13(12)14-11-19(16)15(17-14)18-9-5-2-6-10-18/h3-4,7-8,11H,2,5-6,9-10,16H2,1H3. The van der Waals surface area contributed by atoms with Crippen molar-refractivity contribution >= 4 is 5.95 Å². The van der Waals surface area contributed by atoms with E-state index in [0.29, 0.717) is 0 Å². The molecule has 3 rings (SSSR count). The van der Waals surface area contributed by atoms with Crippen LogP contribution in [0.5, 0.6) is 0 Å². The lowest BCUT2D eigenvalue weighted by atomic mass is 10.1. The lowest BCUT2D eigenvalue weighted by Gasteiger charge is -2.27. The average Bonchev–Trinajstić information content (AvgIpc) is 2.82. The number of benzene rings is 1. The molecule has 1 aliphatic heterocycles. The Kier molecular flexibility index (Phi) is 3.15. The van der Waals surface area contributed by atoms with E-state index in [1.807, 2.05) is 18.3 Å². The zero-order chi connectivity index (χ0) is 13.2. The monoisotopic (exact) mass is 256 g/mol. The summed E-state index contributed by atoms with van der Waals surface area (Å²) in [4.78, 5) is 7.01. The minimum atomic E-state index is 0.887. The number of imidazole rings is 1. The quantitative estimate of drug-likeness (QED) is 0.840. The number of nitrogens with two attached hydrogens (primary N) is 1. The van der Waals surface area contributed by atoms with E-state index in [2.05, 4.69) is 24.0 Å². The molecule has 1 aromatic carbocycles. The van der Waals surface area contributed by atoms with Gasteiger partial charge in [0.25, 0.3) is 0 Å². The highest BCUT2D eigenvalue weighted by Crippen LogP contribution is 2.25. The molecule has 19 heavy (non-hydrogen) atoms. The molecule has 0 saturated carbocycles. The van der Waals surface area contributed by atoms with Crippen molar-refractivity contribution in [3.63, 3.8) is 0 Å². The molecule has 0 amide bonds. The second-order valence-corrected chi connectivity index (χ2v) is 5.20. The van der Waals surface area contributed by atoms with Crippen molar-refractivity contribution < 1.29 is 0 Å². The lowest BCUT2D eigenvalue weighted by Crippen LogP contribution is -2.33. The Hall–Kier alpha value is -1.97. The maximum atomic E-state index is 6.07. The molecule has 4 heteroatoms. The van der Waals surface area contributed by atoms with E-state index >= 15 is 0 Å². The normalized spacial score (nSPS) is 15.7. The highest BCUT2D eigenvalue weighted by molar-refractivity contribution is 5.64. The lowest BCUT2D eigenvalue weighted by molar-refractivity contribution is 0.564. The second kappa shape index (κ2) is 4.96. The third-order valence-electron chi connectivity index (χ3n) is 3.77. The summed E-state index contributed by atoms with van der Waals surface area (Å²) < 4.78 is 1.66. The predicted octanol–water partition coefficient (Wildman–Crippen LogP) is 2.56. The molecular formula is C15H20N4.